The molecule has 0 aromatic carbocycles. The van der Waals surface area contributed by atoms with Crippen molar-refractivity contribution in [1.82, 2.24) is 15.4 Å². The number of aromatic nitrogens is 1. The third-order valence-corrected chi connectivity index (χ3v) is 3.69. The Morgan fingerprint density at radius 2 is 2.15 bits per heavy atom. The van der Waals surface area contributed by atoms with Crippen LogP contribution in [0, 0.1) is 12.3 Å². The maximum Gasteiger partial charge on any atom is 0.273 e. The lowest BCUT2D eigenvalue weighted by Crippen LogP contribution is -2.47. The summed E-state index contributed by atoms with van der Waals surface area (Å²) in [5.41, 5.74) is 0.422. The van der Waals surface area contributed by atoms with Crippen LogP contribution in [-0.4, -0.2) is 56.4 Å². The zero-order chi connectivity index (χ0) is 14.6. The summed E-state index contributed by atoms with van der Waals surface area (Å²) in [6.07, 6.45) is 1.92. The van der Waals surface area contributed by atoms with Crippen LogP contribution >= 0.6 is 0 Å². The molecule has 1 aromatic rings. The Morgan fingerprint density at radius 1 is 1.45 bits per heavy atom. The number of hydrogen-bond acceptors (Lipinski definition) is 5. The molecule has 0 spiro atoms. The first kappa shape index (κ1) is 15.0. The average molecular weight is 281 g/mol. The van der Waals surface area contributed by atoms with Crippen LogP contribution in [0.1, 0.15) is 29.1 Å². The average Bonchev–Trinajstić information content (AvgIpc) is 2.83. The van der Waals surface area contributed by atoms with Gasteiger partial charge in [-0.05, 0) is 33.9 Å². The van der Waals surface area contributed by atoms with Crippen LogP contribution < -0.4 is 5.32 Å². The van der Waals surface area contributed by atoms with Gasteiger partial charge in [0.15, 0.2) is 5.69 Å². The molecule has 6 nitrogen and oxygen atoms in total. The van der Waals surface area contributed by atoms with Crippen LogP contribution in [0.25, 0.3) is 0 Å². The molecular weight excluding hydrogens is 258 g/mol. The first-order valence-electron chi connectivity index (χ1n) is 6.95. The van der Waals surface area contributed by atoms with Gasteiger partial charge in [-0.3, -0.25) is 4.79 Å². The van der Waals surface area contributed by atoms with Crippen molar-refractivity contribution in [3.63, 3.8) is 0 Å². The molecule has 0 aliphatic carbocycles. The van der Waals surface area contributed by atoms with E-state index < -0.39 is 0 Å². The molecule has 0 unspecified atom stereocenters. The first-order chi connectivity index (χ1) is 9.51. The quantitative estimate of drug-likeness (QED) is 0.874. The summed E-state index contributed by atoms with van der Waals surface area (Å²) in [5.74, 6) is 0.468. The molecule has 6 heteroatoms. The van der Waals surface area contributed by atoms with Crippen molar-refractivity contribution in [1.29, 1.82) is 0 Å². The van der Waals surface area contributed by atoms with Gasteiger partial charge in [0, 0.05) is 37.8 Å². The summed E-state index contributed by atoms with van der Waals surface area (Å²) in [6, 6.07) is 1.65. The molecule has 1 fully saturated rings. The Labute approximate surface area is 119 Å². The number of ether oxygens (including phenoxy) is 1. The van der Waals surface area contributed by atoms with Crippen molar-refractivity contribution in [2.45, 2.75) is 19.8 Å². The molecule has 2 rings (SSSR count). The van der Waals surface area contributed by atoms with Gasteiger partial charge in [0.2, 0.25) is 0 Å². The number of nitrogens with zero attached hydrogens (tertiary/aromatic N) is 2. The summed E-state index contributed by atoms with van der Waals surface area (Å²) in [7, 11) is 4.11. The van der Waals surface area contributed by atoms with Crippen LogP contribution in [0.2, 0.25) is 0 Å². The zero-order valence-electron chi connectivity index (χ0n) is 12.4. The predicted octanol–water partition coefficient (Wildman–Crippen LogP) is 1.07. The fourth-order valence-corrected chi connectivity index (χ4v) is 2.70. The van der Waals surface area contributed by atoms with Crippen molar-refractivity contribution in [2.24, 2.45) is 5.41 Å². The van der Waals surface area contributed by atoms with Gasteiger partial charge < -0.3 is 19.5 Å². The molecule has 0 atom stereocenters. The van der Waals surface area contributed by atoms with Gasteiger partial charge in [-0.1, -0.05) is 5.16 Å². The molecule has 0 bridgehead atoms. The SMILES string of the molecule is Cc1cc(C(=O)NCC2(CN(C)C)CCOCC2)no1. The van der Waals surface area contributed by atoms with E-state index >= 15 is 0 Å². The predicted molar refractivity (Wildman–Crippen MR) is 74.6 cm³/mol. The molecule has 1 aliphatic heterocycles. The Kier molecular flexibility index (Phi) is 4.77. The van der Waals surface area contributed by atoms with E-state index in [2.05, 4.69) is 29.5 Å². The van der Waals surface area contributed by atoms with Crippen LogP contribution in [0.5, 0.6) is 0 Å². The molecule has 0 radical (unpaired) electrons. The van der Waals surface area contributed by atoms with Gasteiger partial charge in [0.1, 0.15) is 5.76 Å². The minimum Gasteiger partial charge on any atom is -0.381 e. The summed E-state index contributed by atoms with van der Waals surface area (Å²) in [5, 5.41) is 6.73. The van der Waals surface area contributed by atoms with Gasteiger partial charge in [0.05, 0.1) is 0 Å². The Hall–Kier alpha value is -1.40. The Bertz CT molecular complexity index is 450. The maximum atomic E-state index is 12.1. The highest BCUT2D eigenvalue weighted by Gasteiger charge is 2.33. The normalized spacial score (nSPS) is 18.2. The second-order valence-electron chi connectivity index (χ2n) is 5.86. The van der Waals surface area contributed by atoms with Crippen molar-refractivity contribution in [2.75, 3.05) is 40.4 Å². The Balaban J connectivity index is 1.96. The standard InChI is InChI=1S/C14H23N3O3/c1-11-8-12(16-20-11)13(18)15-9-14(10-17(2)3)4-6-19-7-5-14/h8H,4-7,9-10H2,1-3H3,(H,15,18). The molecular formula is C14H23N3O3. The first-order valence-corrected chi connectivity index (χ1v) is 6.95. The molecule has 1 aromatic heterocycles. The van der Waals surface area contributed by atoms with E-state index in [1.165, 1.54) is 0 Å². The van der Waals surface area contributed by atoms with Crippen LogP contribution in [0.3, 0.4) is 0 Å². The van der Waals surface area contributed by atoms with E-state index in [9.17, 15) is 4.79 Å². The number of carbonyl (C=O) groups excluding carboxylic acids is 1. The Morgan fingerprint density at radius 3 is 2.70 bits per heavy atom. The number of hydrogen-bond donors (Lipinski definition) is 1. The third-order valence-electron chi connectivity index (χ3n) is 3.69. The summed E-state index contributed by atoms with van der Waals surface area (Å²) >= 11 is 0. The fraction of sp³-hybridized carbons (Fsp3) is 0.714. The zero-order valence-corrected chi connectivity index (χ0v) is 12.4. The van der Waals surface area contributed by atoms with Gasteiger partial charge in [-0.25, -0.2) is 0 Å². The van der Waals surface area contributed by atoms with Crippen LogP contribution in [0.4, 0.5) is 0 Å². The monoisotopic (exact) mass is 281 g/mol. The minimum absolute atomic E-state index is 0.0796. The van der Waals surface area contributed by atoms with E-state index in [4.69, 9.17) is 9.26 Å². The van der Waals surface area contributed by atoms with E-state index in [1.807, 2.05) is 0 Å². The minimum atomic E-state index is -0.175. The second kappa shape index (κ2) is 6.37. The summed E-state index contributed by atoms with van der Waals surface area (Å²) in [4.78, 5) is 14.2. The van der Waals surface area contributed by atoms with Gasteiger partial charge >= 0.3 is 0 Å². The largest absolute Gasteiger partial charge is 0.381 e. The smallest absolute Gasteiger partial charge is 0.273 e. The number of rotatable bonds is 5. The third kappa shape index (κ3) is 3.80. The molecule has 2 heterocycles. The highest BCUT2D eigenvalue weighted by Crippen LogP contribution is 2.30. The van der Waals surface area contributed by atoms with Crippen molar-refractivity contribution in [3.8, 4) is 0 Å². The molecule has 1 amide bonds. The number of aryl methyl sites for hydroxylation is 1. The van der Waals surface area contributed by atoms with E-state index in [1.54, 1.807) is 13.0 Å². The molecule has 1 saturated heterocycles. The maximum absolute atomic E-state index is 12.1. The van der Waals surface area contributed by atoms with Gasteiger partial charge in [-0.15, -0.1) is 0 Å². The van der Waals surface area contributed by atoms with E-state index in [0.29, 0.717) is 18.0 Å². The second-order valence-corrected chi connectivity index (χ2v) is 5.86. The number of amides is 1. The number of nitrogens with one attached hydrogen (secondary N) is 1. The molecule has 1 aliphatic rings. The van der Waals surface area contributed by atoms with Crippen molar-refractivity contribution < 1.29 is 14.1 Å². The highest BCUT2D eigenvalue weighted by atomic mass is 16.5. The van der Waals surface area contributed by atoms with E-state index in [0.717, 1.165) is 32.6 Å². The fourth-order valence-electron chi connectivity index (χ4n) is 2.70. The van der Waals surface area contributed by atoms with E-state index in [-0.39, 0.29) is 11.3 Å². The van der Waals surface area contributed by atoms with Crippen molar-refractivity contribution in [3.05, 3.63) is 17.5 Å². The molecule has 20 heavy (non-hydrogen) atoms. The van der Waals surface area contributed by atoms with Crippen molar-refractivity contribution >= 4 is 5.91 Å². The lowest BCUT2D eigenvalue weighted by atomic mass is 9.79. The van der Waals surface area contributed by atoms with Crippen LogP contribution in [-0.2, 0) is 4.74 Å². The van der Waals surface area contributed by atoms with Crippen LogP contribution in [0.15, 0.2) is 10.6 Å². The van der Waals surface area contributed by atoms with Gasteiger partial charge in [-0.2, -0.15) is 0 Å². The lowest BCUT2D eigenvalue weighted by Gasteiger charge is -2.39. The van der Waals surface area contributed by atoms with Gasteiger partial charge in [0.25, 0.3) is 5.91 Å². The molecule has 112 valence electrons. The lowest BCUT2D eigenvalue weighted by molar-refractivity contribution is 0.00281. The summed E-state index contributed by atoms with van der Waals surface area (Å²) < 4.78 is 10.4. The highest BCUT2D eigenvalue weighted by molar-refractivity contribution is 5.92. The molecule has 1 N–H and O–H groups in total. The summed E-state index contributed by atoms with van der Waals surface area (Å²) in [6.45, 7) is 4.86. The topological polar surface area (TPSA) is 67.6 Å². The number of carbonyl (C=O) groups is 1. The molecule has 0 saturated carbocycles.